The highest BCUT2D eigenvalue weighted by Crippen LogP contribution is 2.20. The average molecular weight is 349 g/mol. The maximum absolute atomic E-state index is 12.6. The molecule has 0 saturated carbocycles. The summed E-state index contributed by atoms with van der Waals surface area (Å²) in [7, 11) is 1.52. The Balaban J connectivity index is 1.62. The molecule has 2 N–H and O–H groups in total. The first-order valence-electron chi connectivity index (χ1n) is 7.94. The minimum Gasteiger partial charge on any atom is -0.495 e. The van der Waals surface area contributed by atoms with Crippen molar-refractivity contribution in [2.75, 3.05) is 7.11 Å². The molecule has 0 fully saturated rings. The molecule has 130 valence electrons. The third kappa shape index (κ3) is 2.57. The van der Waals surface area contributed by atoms with E-state index in [4.69, 9.17) is 4.74 Å². The van der Waals surface area contributed by atoms with Gasteiger partial charge in [-0.3, -0.25) is 14.0 Å². The number of aromatic nitrogens is 4. The molecule has 0 saturated heterocycles. The van der Waals surface area contributed by atoms with Gasteiger partial charge in [0.05, 0.1) is 24.6 Å². The van der Waals surface area contributed by atoms with Gasteiger partial charge in [-0.1, -0.05) is 12.1 Å². The molecule has 4 rings (SSSR count). The molecule has 3 heterocycles. The normalized spacial score (nSPS) is 11.0. The Hall–Kier alpha value is -3.68. The summed E-state index contributed by atoms with van der Waals surface area (Å²) in [5, 5.41) is 11.2. The Labute approximate surface area is 147 Å². The standard InChI is InChI=1S/C18H15N5O3/c1-26-13-6-4-5-11-16(13)19-9-12(17(11)24)18(25)20-10-15-22-21-14-7-2-3-8-23(14)15/h2-9H,10H2,1H3,(H,19,24)(H,20,25). The van der Waals surface area contributed by atoms with Crippen molar-refractivity contribution >= 4 is 22.5 Å². The maximum atomic E-state index is 12.6. The van der Waals surface area contributed by atoms with Crippen LogP contribution in [0.1, 0.15) is 16.2 Å². The number of hydrogen-bond donors (Lipinski definition) is 2. The van der Waals surface area contributed by atoms with Crippen molar-refractivity contribution in [3.63, 3.8) is 0 Å². The summed E-state index contributed by atoms with van der Waals surface area (Å²) in [6, 6.07) is 10.6. The van der Waals surface area contributed by atoms with Crippen LogP contribution in [0.3, 0.4) is 0 Å². The number of para-hydroxylation sites is 1. The third-order valence-corrected chi connectivity index (χ3v) is 4.13. The van der Waals surface area contributed by atoms with Crippen LogP contribution in [0.4, 0.5) is 0 Å². The molecule has 0 spiro atoms. The fraction of sp³-hybridized carbons (Fsp3) is 0.111. The van der Waals surface area contributed by atoms with Gasteiger partial charge in [-0.2, -0.15) is 0 Å². The number of amides is 1. The van der Waals surface area contributed by atoms with Gasteiger partial charge in [-0.05, 0) is 24.3 Å². The number of fused-ring (bicyclic) bond motifs is 2. The molecule has 1 amide bonds. The Bertz CT molecular complexity index is 1180. The van der Waals surface area contributed by atoms with Gasteiger partial charge in [0.15, 0.2) is 11.5 Å². The second-order valence-corrected chi connectivity index (χ2v) is 5.64. The number of aromatic amines is 1. The highest BCUT2D eigenvalue weighted by atomic mass is 16.5. The second-order valence-electron chi connectivity index (χ2n) is 5.64. The largest absolute Gasteiger partial charge is 0.495 e. The molecule has 8 nitrogen and oxygen atoms in total. The Kier molecular flexibility index (Phi) is 3.85. The van der Waals surface area contributed by atoms with Crippen LogP contribution in [0.15, 0.2) is 53.6 Å². The Morgan fingerprint density at radius 3 is 2.96 bits per heavy atom. The van der Waals surface area contributed by atoms with Crippen molar-refractivity contribution in [3.05, 3.63) is 70.4 Å². The molecule has 0 aliphatic heterocycles. The molecular weight excluding hydrogens is 334 g/mol. The van der Waals surface area contributed by atoms with E-state index >= 15 is 0 Å². The minimum atomic E-state index is -0.483. The van der Waals surface area contributed by atoms with E-state index in [-0.39, 0.29) is 17.5 Å². The fourth-order valence-electron chi connectivity index (χ4n) is 2.83. The zero-order valence-electron chi connectivity index (χ0n) is 13.9. The zero-order valence-corrected chi connectivity index (χ0v) is 13.9. The lowest BCUT2D eigenvalue weighted by atomic mass is 10.1. The topological polar surface area (TPSA) is 101 Å². The summed E-state index contributed by atoms with van der Waals surface area (Å²) in [5.74, 6) is 0.637. The number of H-pyrrole nitrogens is 1. The summed E-state index contributed by atoms with van der Waals surface area (Å²) < 4.78 is 7.01. The molecule has 3 aromatic heterocycles. The van der Waals surface area contributed by atoms with Crippen molar-refractivity contribution in [1.82, 2.24) is 24.9 Å². The van der Waals surface area contributed by atoms with Gasteiger partial charge >= 0.3 is 0 Å². The number of carbonyl (C=O) groups is 1. The van der Waals surface area contributed by atoms with Crippen molar-refractivity contribution in [1.29, 1.82) is 0 Å². The van der Waals surface area contributed by atoms with Gasteiger partial charge in [-0.15, -0.1) is 10.2 Å². The molecule has 0 unspecified atom stereocenters. The number of hydrogen-bond acceptors (Lipinski definition) is 5. The molecule has 0 atom stereocenters. The van der Waals surface area contributed by atoms with Crippen LogP contribution in [0.5, 0.6) is 5.75 Å². The van der Waals surface area contributed by atoms with Gasteiger partial charge in [0.25, 0.3) is 5.91 Å². The van der Waals surface area contributed by atoms with Crippen molar-refractivity contribution in [2.45, 2.75) is 6.54 Å². The lowest BCUT2D eigenvalue weighted by Gasteiger charge is -2.07. The van der Waals surface area contributed by atoms with Gasteiger partial charge in [0, 0.05) is 12.4 Å². The SMILES string of the molecule is COc1cccc2c(=O)c(C(=O)NCc3nnc4ccccn34)c[nH]c12. The van der Waals surface area contributed by atoms with E-state index < -0.39 is 5.91 Å². The first-order chi connectivity index (χ1) is 12.7. The number of ether oxygens (including phenoxy) is 1. The van der Waals surface area contributed by atoms with Gasteiger partial charge < -0.3 is 15.0 Å². The maximum Gasteiger partial charge on any atom is 0.257 e. The van der Waals surface area contributed by atoms with E-state index in [1.165, 1.54) is 13.3 Å². The number of benzene rings is 1. The lowest BCUT2D eigenvalue weighted by Crippen LogP contribution is -2.29. The average Bonchev–Trinajstić information content (AvgIpc) is 3.09. The van der Waals surface area contributed by atoms with Crippen molar-refractivity contribution in [3.8, 4) is 5.75 Å². The number of carbonyl (C=O) groups excluding carboxylic acids is 1. The lowest BCUT2D eigenvalue weighted by molar-refractivity contribution is 0.0948. The summed E-state index contributed by atoms with van der Waals surface area (Å²) in [4.78, 5) is 28.1. The molecule has 8 heteroatoms. The van der Waals surface area contributed by atoms with Crippen molar-refractivity contribution in [2.24, 2.45) is 0 Å². The molecule has 4 aromatic rings. The predicted octanol–water partition coefficient (Wildman–Crippen LogP) is 1.51. The summed E-state index contributed by atoms with van der Waals surface area (Å²) >= 11 is 0. The van der Waals surface area contributed by atoms with Crippen LogP contribution in [0.25, 0.3) is 16.6 Å². The van der Waals surface area contributed by atoms with Gasteiger partial charge in [-0.25, -0.2) is 0 Å². The molecule has 0 radical (unpaired) electrons. The Morgan fingerprint density at radius 2 is 2.12 bits per heavy atom. The van der Waals surface area contributed by atoms with Crippen LogP contribution in [0, 0.1) is 0 Å². The highest BCUT2D eigenvalue weighted by Gasteiger charge is 2.15. The molecule has 0 bridgehead atoms. The number of pyridine rings is 2. The van der Waals surface area contributed by atoms with E-state index in [9.17, 15) is 9.59 Å². The molecular formula is C18H15N5O3. The number of nitrogens with one attached hydrogen (secondary N) is 2. The summed E-state index contributed by atoms with van der Waals surface area (Å²) in [5.41, 5.74) is 0.910. The first kappa shape index (κ1) is 15.8. The van der Waals surface area contributed by atoms with E-state index in [0.717, 1.165) is 0 Å². The molecule has 0 aliphatic rings. The second kappa shape index (κ2) is 6.32. The molecule has 1 aromatic carbocycles. The Morgan fingerprint density at radius 1 is 1.23 bits per heavy atom. The van der Waals surface area contributed by atoms with Crippen LogP contribution in [-0.2, 0) is 6.54 Å². The highest BCUT2D eigenvalue weighted by molar-refractivity contribution is 5.97. The monoisotopic (exact) mass is 349 g/mol. The number of nitrogens with zero attached hydrogens (tertiary/aromatic N) is 3. The minimum absolute atomic E-state index is 0.0274. The van der Waals surface area contributed by atoms with E-state index in [0.29, 0.717) is 28.1 Å². The van der Waals surface area contributed by atoms with Crippen LogP contribution >= 0.6 is 0 Å². The molecule has 26 heavy (non-hydrogen) atoms. The summed E-state index contributed by atoms with van der Waals surface area (Å²) in [6.45, 7) is 0.152. The van der Waals surface area contributed by atoms with E-state index in [1.807, 2.05) is 24.4 Å². The predicted molar refractivity (Wildman–Crippen MR) is 95.3 cm³/mol. The third-order valence-electron chi connectivity index (χ3n) is 4.13. The first-order valence-corrected chi connectivity index (χ1v) is 7.94. The smallest absolute Gasteiger partial charge is 0.257 e. The van der Waals surface area contributed by atoms with Crippen LogP contribution in [-0.4, -0.2) is 32.6 Å². The van der Waals surface area contributed by atoms with E-state index in [1.54, 1.807) is 22.6 Å². The van der Waals surface area contributed by atoms with E-state index in [2.05, 4.69) is 20.5 Å². The van der Waals surface area contributed by atoms with Gasteiger partial charge in [0.2, 0.25) is 5.43 Å². The van der Waals surface area contributed by atoms with Gasteiger partial charge in [0.1, 0.15) is 11.3 Å². The number of rotatable bonds is 4. The van der Waals surface area contributed by atoms with Crippen LogP contribution < -0.4 is 15.5 Å². The fourth-order valence-corrected chi connectivity index (χ4v) is 2.83. The number of methoxy groups -OCH3 is 1. The van der Waals surface area contributed by atoms with Crippen molar-refractivity contribution < 1.29 is 9.53 Å². The molecule has 0 aliphatic carbocycles. The summed E-state index contributed by atoms with van der Waals surface area (Å²) in [6.07, 6.45) is 3.20. The zero-order chi connectivity index (χ0) is 18.1. The quantitative estimate of drug-likeness (QED) is 0.581. The van der Waals surface area contributed by atoms with Crippen LogP contribution in [0.2, 0.25) is 0 Å².